The van der Waals surface area contributed by atoms with Crippen LogP contribution in [0.3, 0.4) is 0 Å². The average molecular weight is 262 g/mol. The van der Waals surface area contributed by atoms with Gasteiger partial charge in [0, 0.05) is 19.6 Å². The lowest BCUT2D eigenvalue weighted by atomic mass is 10.1. The number of hydrogen-bond donors (Lipinski definition) is 4. The summed E-state index contributed by atoms with van der Waals surface area (Å²) in [7, 11) is 0. The number of nitrogens with zero attached hydrogens (tertiary/aromatic N) is 1. The number of carboxylic acids is 1. The standard InChI is InChI=1S/C11H22N2O5/c1-4-13(7-11(2,3)18)10(17)12-8(5-6-14)9(15)16/h8,14,18H,4-7H2,1-3H3,(H,12,17)(H,15,16). The van der Waals surface area contributed by atoms with Gasteiger partial charge in [-0.25, -0.2) is 9.59 Å². The third kappa shape index (κ3) is 6.41. The van der Waals surface area contributed by atoms with Gasteiger partial charge in [0.2, 0.25) is 0 Å². The first-order valence-corrected chi connectivity index (χ1v) is 5.82. The van der Waals surface area contributed by atoms with Crippen molar-refractivity contribution in [1.82, 2.24) is 10.2 Å². The fraction of sp³-hybridized carbons (Fsp3) is 0.818. The van der Waals surface area contributed by atoms with Crippen molar-refractivity contribution in [2.75, 3.05) is 19.7 Å². The molecule has 0 aliphatic rings. The van der Waals surface area contributed by atoms with E-state index in [-0.39, 0.29) is 19.6 Å². The van der Waals surface area contributed by atoms with Crippen molar-refractivity contribution < 1.29 is 24.9 Å². The summed E-state index contributed by atoms with van der Waals surface area (Å²) in [6.07, 6.45) is -0.0544. The zero-order valence-electron chi connectivity index (χ0n) is 11.0. The number of hydrogen-bond acceptors (Lipinski definition) is 4. The van der Waals surface area contributed by atoms with Crippen LogP contribution < -0.4 is 5.32 Å². The summed E-state index contributed by atoms with van der Waals surface area (Å²) >= 11 is 0. The Hall–Kier alpha value is -1.34. The fourth-order valence-corrected chi connectivity index (χ4v) is 1.42. The van der Waals surface area contributed by atoms with Crippen LogP contribution in [0.5, 0.6) is 0 Å². The molecule has 4 N–H and O–H groups in total. The maximum Gasteiger partial charge on any atom is 0.326 e. The van der Waals surface area contributed by atoms with Crippen LogP contribution in [-0.4, -0.2) is 63.6 Å². The molecule has 0 aliphatic carbocycles. The second-order valence-corrected chi connectivity index (χ2v) is 4.68. The lowest BCUT2D eigenvalue weighted by Gasteiger charge is -2.29. The van der Waals surface area contributed by atoms with Gasteiger partial charge in [-0.1, -0.05) is 0 Å². The van der Waals surface area contributed by atoms with Crippen LogP contribution in [0.1, 0.15) is 27.2 Å². The summed E-state index contributed by atoms with van der Waals surface area (Å²) in [6, 6.07) is -1.70. The van der Waals surface area contributed by atoms with Gasteiger partial charge >= 0.3 is 12.0 Å². The van der Waals surface area contributed by atoms with Gasteiger partial charge in [0.15, 0.2) is 0 Å². The van der Waals surface area contributed by atoms with E-state index < -0.39 is 23.6 Å². The fourth-order valence-electron chi connectivity index (χ4n) is 1.42. The summed E-state index contributed by atoms with van der Waals surface area (Å²) in [5, 5.41) is 29.5. The molecule has 0 bridgehead atoms. The van der Waals surface area contributed by atoms with Crippen molar-refractivity contribution in [3.8, 4) is 0 Å². The van der Waals surface area contributed by atoms with Crippen molar-refractivity contribution in [1.29, 1.82) is 0 Å². The summed E-state index contributed by atoms with van der Waals surface area (Å²) < 4.78 is 0. The molecule has 0 saturated carbocycles. The highest BCUT2D eigenvalue weighted by molar-refractivity contribution is 5.82. The third-order valence-corrected chi connectivity index (χ3v) is 2.26. The van der Waals surface area contributed by atoms with Crippen LogP contribution in [0.15, 0.2) is 0 Å². The lowest BCUT2D eigenvalue weighted by Crippen LogP contribution is -2.51. The van der Waals surface area contributed by atoms with Crippen molar-refractivity contribution in [2.45, 2.75) is 38.8 Å². The van der Waals surface area contributed by atoms with E-state index in [0.717, 1.165) is 0 Å². The monoisotopic (exact) mass is 262 g/mol. The predicted octanol–water partition coefficient (Wildman–Crippen LogP) is -0.376. The minimum Gasteiger partial charge on any atom is -0.480 e. The van der Waals surface area contributed by atoms with Crippen LogP contribution >= 0.6 is 0 Å². The maximum absolute atomic E-state index is 11.8. The minimum absolute atomic E-state index is 0.0544. The Morgan fingerprint density at radius 1 is 1.39 bits per heavy atom. The van der Waals surface area contributed by atoms with Gasteiger partial charge < -0.3 is 25.5 Å². The number of aliphatic hydroxyl groups excluding tert-OH is 1. The molecule has 7 nitrogen and oxygen atoms in total. The maximum atomic E-state index is 11.8. The SMILES string of the molecule is CCN(CC(C)(C)O)C(=O)NC(CCO)C(=O)O. The number of carboxylic acid groups (broad SMARTS) is 1. The van der Waals surface area contributed by atoms with E-state index in [1.54, 1.807) is 20.8 Å². The van der Waals surface area contributed by atoms with Gasteiger partial charge in [-0.3, -0.25) is 0 Å². The molecule has 0 spiro atoms. The molecule has 0 aromatic heterocycles. The van der Waals surface area contributed by atoms with Gasteiger partial charge in [-0.05, 0) is 20.8 Å². The van der Waals surface area contributed by atoms with Crippen LogP contribution in [0.25, 0.3) is 0 Å². The van der Waals surface area contributed by atoms with Crippen molar-refractivity contribution in [2.24, 2.45) is 0 Å². The first-order chi connectivity index (χ1) is 8.21. The number of nitrogens with one attached hydrogen (secondary N) is 1. The van der Waals surface area contributed by atoms with Crippen LogP contribution in [0.2, 0.25) is 0 Å². The van der Waals surface area contributed by atoms with Crippen molar-refractivity contribution in [3.05, 3.63) is 0 Å². The Balaban J connectivity index is 4.55. The van der Waals surface area contributed by atoms with Crippen LogP contribution in [-0.2, 0) is 4.79 Å². The Morgan fingerprint density at radius 3 is 2.28 bits per heavy atom. The number of likely N-dealkylation sites (N-methyl/N-ethyl adjacent to an activating group) is 1. The predicted molar refractivity (Wildman–Crippen MR) is 65.2 cm³/mol. The molecule has 106 valence electrons. The van der Waals surface area contributed by atoms with Gasteiger partial charge in [0.05, 0.1) is 12.1 Å². The number of aliphatic hydroxyl groups is 2. The van der Waals surface area contributed by atoms with E-state index in [0.29, 0.717) is 6.54 Å². The zero-order valence-corrected chi connectivity index (χ0v) is 11.0. The number of urea groups is 1. The molecule has 0 fully saturated rings. The Morgan fingerprint density at radius 2 is 1.94 bits per heavy atom. The molecule has 0 rings (SSSR count). The molecule has 0 aromatic rings. The first kappa shape index (κ1) is 16.7. The van der Waals surface area contributed by atoms with E-state index in [1.807, 2.05) is 0 Å². The summed E-state index contributed by atoms with van der Waals surface area (Å²) in [5.41, 5.74) is -1.05. The lowest BCUT2D eigenvalue weighted by molar-refractivity contribution is -0.139. The normalized spacial score (nSPS) is 12.9. The smallest absolute Gasteiger partial charge is 0.326 e. The highest BCUT2D eigenvalue weighted by atomic mass is 16.4. The molecule has 7 heteroatoms. The van der Waals surface area contributed by atoms with E-state index in [9.17, 15) is 14.7 Å². The van der Waals surface area contributed by atoms with E-state index >= 15 is 0 Å². The highest BCUT2D eigenvalue weighted by Crippen LogP contribution is 2.05. The van der Waals surface area contributed by atoms with Gasteiger partial charge in [-0.2, -0.15) is 0 Å². The molecular weight excluding hydrogens is 240 g/mol. The topological polar surface area (TPSA) is 110 Å². The number of aliphatic carboxylic acids is 1. The van der Waals surface area contributed by atoms with Crippen LogP contribution in [0.4, 0.5) is 4.79 Å². The number of rotatable bonds is 7. The minimum atomic E-state index is -1.20. The van der Waals surface area contributed by atoms with Gasteiger partial charge in [0.25, 0.3) is 0 Å². The van der Waals surface area contributed by atoms with Crippen LogP contribution in [0, 0.1) is 0 Å². The number of carbonyl (C=O) groups is 2. The molecular formula is C11H22N2O5. The summed E-state index contributed by atoms with van der Waals surface area (Å²) in [4.78, 5) is 23.9. The van der Waals surface area contributed by atoms with E-state index in [1.165, 1.54) is 4.90 Å². The van der Waals surface area contributed by atoms with Crippen molar-refractivity contribution >= 4 is 12.0 Å². The average Bonchev–Trinajstić information content (AvgIpc) is 2.23. The molecule has 0 aliphatic heterocycles. The second-order valence-electron chi connectivity index (χ2n) is 4.68. The molecule has 0 aromatic carbocycles. The van der Waals surface area contributed by atoms with E-state index in [4.69, 9.17) is 10.2 Å². The Labute approximate surface area is 106 Å². The molecule has 1 unspecified atom stereocenters. The first-order valence-electron chi connectivity index (χ1n) is 5.82. The molecule has 2 amide bonds. The highest BCUT2D eigenvalue weighted by Gasteiger charge is 2.25. The largest absolute Gasteiger partial charge is 0.480 e. The summed E-state index contributed by atoms with van der Waals surface area (Å²) in [6.45, 7) is 4.97. The number of amides is 2. The van der Waals surface area contributed by atoms with Gasteiger partial charge in [-0.15, -0.1) is 0 Å². The van der Waals surface area contributed by atoms with Crippen molar-refractivity contribution in [3.63, 3.8) is 0 Å². The Kier molecular flexibility index (Phi) is 6.64. The van der Waals surface area contributed by atoms with E-state index in [2.05, 4.69) is 5.32 Å². The van der Waals surface area contributed by atoms with Gasteiger partial charge in [0.1, 0.15) is 6.04 Å². The quantitative estimate of drug-likeness (QED) is 0.500. The molecule has 18 heavy (non-hydrogen) atoms. The molecule has 1 atom stereocenters. The molecule has 0 heterocycles. The zero-order chi connectivity index (χ0) is 14.3. The molecule has 0 saturated heterocycles. The number of carbonyl (C=O) groups excluding carboxylic acids is 1. The third-order valence-electron chi connectivity index (χ3n) is 2.26. The molecule has 0 radical (unpaired) electrons. The Bertz CT molecular complexity index is 288. The summed E-state index contributed by atoms with van der Waals surface area (Å²) in [5.74, 6) is -1.20. The second kappa shape index (κ2) is 7.17.